The summed E-state index contributed by atoms with van der Waals surface area (Å²) in [6, 6.07) is 5.22. The van der Waals surface area contributed by atoms with Gasteiger partial charge in [0, 0.05) is 5.56 Å². The minimum absolute atomic E-state index is 0.0579. The van der Waals surface area contributed by atoms with E-state index in [4.69, 9.17) is 10.0 Å². The molecule has 0 saturated heterocycles. The van der Waals surface area contributed by atoms with E-state index in [0.29, 0.717) is 0 Å². The lowest BCUT2D eigenvalue weighted by Gasteiger charge is -2.13. The van der Waals surface area contributed by atoms with E-state index in [9.17, 15) is 4.39 Å². The van der Waals surface area contributed by atoms with Gasteiger partial charge in [0.1, 0.15) is 5.82 Å². The maximum absolute atomic E-state index is 12.0. The SMILES string of the molecule is Fc1cc2ccc1-2.OBO. The average molecular weight is 140 g/mol. The molecule has 10 heavy (non-hydrogen) atoms. The molecule has 0 aromatic heterocycles. The van der Waals surface area contributed by atoms with Crippen LogP contribution in [0.2, 0.25) is 0 Å². The van der Waals surface area contributed by atoms with Gasteiger partial charge in [-0.05, 0) is 11.6 Å². The van der Waals surface area contributed by atoms with E-state index in [1.807, 2.05) is 6.07 Å². The highest BCUT2D eigenvalue weighted by atomic mass is 19.1. The zero-order chi connectivity index (χ0) is 7.56. The Labute approximate surface area is 58.2 Å². The largest absolute Gasteiger partial charge is 0.432 e. The summed E-state index contributed by atoms with van der Waals surface area (Å²) in [4.78, 5) is 0. The Morgan fingerprint density at radius 1 is 1.30 bits per heavy atom. The lowest BCUT2D eigenvalue weighted by atomic mass is 9.93. The maximum Gasteiger partial charge on any atom is 0.432 e. The van der Waals surface area contributed by atoms with Crippen LogP contribution in [0.3, 0.4) is 0 Å². The molecule has 0 aromatic carbocycles. The van der Waals surface area contributed by atoms with Crippen LogP contribution in [0.1, 0.15) is 0 Å². The molecular weight excluding hydrogens is 134 g/mol. The van der Waals surface area contributed by atoms with Crippen molar-refractivity contribution in [1.82, 2.24) is 0 Å². The maximum atomic E-state index is 12.0. The second kappa shape index (κ2) is 2.81. The second-order valence-electron chi connectivity index (χ2n) is 1.84. The second-order valence-corrected chi connectivity index (χ2v) is 1.84. The van der Waals surface area contributed by atoms with Gasteiger partial charge >= 0.3 is 7.69 Å². The molecule has 2 nitrogen and oxygen atoms in total. The molecule has 0 heterocycles. The van der Waals surface area contributed by atoms with E-state index < -0.39 is 7.69 Å². The molecule has 0 radical (unpaired) electrons. The van der Waals surface area contributed by atoms with E-state index >= 15 is 0 Å². The van der Waals surface area contributed by atoms with Crippen LogP contribution >= 0.6 is 0 Å². The summed E-state index contributed by atoms with van der Waals surface area (Å²) in [5.41, 5.74) is 1.87. The van der Waals surface area contributed by atoms with Crippen LogP contribution < -0.4 is 0 Å². The highest BCUT2D eigenvalue weighted by molar-refractivity contribution is 6.13. The summed E-state index contributed by atoms with van der Waals surface area (Å²) in [6.45, 7) is 0. The first kappa shape index (κ1) is 7.24. The molecule has 0 bridgehead atoms. The summed E-state index contributed by atoms with van der Waals surface area (Å²) in [7, 11) is -0.750. The van der Waals surface area contributed by atoms with Gasteiger partial charge in [-0.2, -0.15) is 0 Å². The van der Waals surface area contributed by atoms with Gasteiger partial charge in [-0.15, -0.1) is 0 Å². The monoisotopic (exact) mass is 140 g/mol. The number of halogens is 1. The van der Waals surface area contributed by atoms with Crippen LogP contribution in [0.4, 0.5) is 4.39 Å². The van der Waals surface area contributed by atoms with Crippen LogP contribution in [-0.2, 0) is 0 Å². The van der Waals surface area contributed by atoms with Crippen molar-refractivity contribution in [3.63, 3.8) is 0 Å². The Hall–Kier alpha value is -0.865. The summed E-state index contributed by atoms with van der Waals surface area (Å²) >= 11 is 0. The molecule has 2 rings (SSSR count). The molecule has 0 saturated carbocycles. The standard InChI is InChI=1S/C6H3F.BH3O2/c7-6-3-4-1-2-5(4)6;2-1-3/h1-3H;1-3H. The molecule has 2 aliphatic carbocycles. The molecule has 0 atom stereocenters. The van der Waals surface area contributed by atoms with Crippen LogP contribution in [0.5, 0.6) is 0 Å². The molecule has 4 heteroatoms. The summed E-state index contributed by atoms with van der Waals surface area (Å²) in [5.74, 6) is -0.0579. The van der Waals surface area contributed by atoms with Crippen LogP contribution in [0.15, 0.2) is 18.2 Å². The van der Waals surface area contributed by atoms with Gasteiger partial charge in [0.25, 0.3) is 0 Å². The Bertz CT molecular complexity index is 239. The Morgan fingerprint density at radius 3 is 1.90 bits per heavy atom. The van der Waals surface area contributed by atoms with Crippen LogP contribution in [-0.4, -0.2) is 17.7 Å². The predicted molar refractivity (Wildman–Crippen MR) is 37.0 cm³/mol. The van der Waals surface area contributed by atoms with E-state index in [1.165, 1.54) is 6.07 Å². The van der Waals surface area contributed by atoms with E-state index in [1.54, 1.807) is 6.07 Å². The number of hydrogen-bond acceptors (Lipinski definition) is 2. The van der Waals surface area contributed by atoms with Gasteiger partial charge in [-0.1, -0.05) is 12.1 Å². The molecule has 0 spiro atoms. The first-order chi connectivity index (χ1) is 4.79. The minimum atomic E-state index is -0.750. The zero-order valence-electron chi connectivity index (χ0n) is 5.21. The lowest BCUT2D eigenvalue weighted by Crippen LogP contribution is -1.94. The van der Waals surface area contributed by atoms with Crippen LogP contribution in [0, 0.1) is 5.82 Å². The molecule has 52 valence electrons. The van der Waals surface area contributed by atoms with Gasteiger partial charge in [0.15, 0.2) is 0 Å². The summed E-state index contributed by atoms with van der Waals surface area (Å²) in [6.07, 6.45) is 0. The molecule has 2 aliphatic rings. The third kappa shape index (κ3) is 1.03. The first-order valence-electron chi connectivity index (χ1n) is 2.81. The van der Waals surface area contributed by atoms with Crippen molar-refractivity contribution in [3.05, 3.63) is 24.0 Å². The van der Waals surface area contributed by atoms with Crippen molar-refractivity contribution in [1.29, 1.82) is 0 Å². The molecule has 0 fully saturated rings. The average Bonchev–Trinajstić information content (AvgIpc) is 1.84. The Morgan fingerprint density at radius 2 is 1.90 bits per heavy atom. The van der Waals surface area contributed by atoms with E-state index in [2.05, 4.69) is 0 Å². The fourth-order valence-corrected chi connectivity index (χ4v) is 0.743. The van der Waals surface area contributed by atoms with Crippen LogP contribution in [0.25, 0.3) is 11.1 Å². The van der Waals surface area contributed by atoms with Crippen molar-refractivity contribution < 1.29 is 14.4 Å². The number of rotatable bonds is 0. The number of hydrogen-bond donors (Lipinski definition) is 2. The van der Waals surface area contributed by atoms with Crippen molar-refractivity contribution in [2.75, 3.05) is 0 Å². The number of fused-ring (bicyclic) bond motifs is 1. The van der Waals surface area contributed by atoms with Crippen molar-refractivity contribution in [2.24, 2.45) is 0 Å². The summed E-state index contributed by atoms with van der Waals surface area (Å²) in [5, 5.41) is 14.2. The number of benzene rings is 1. The fraction of sp³-hybridized carbons (Fsp3) is 0. The van der Waals surface area contributed by atoms with Gasteiger partial charge in [-0.3, -0.25) is 0 Å². The molecular formula is C6H6BFO2. The molecule has 0 amide bonds. The van der Waals surface area contributed by atoms with E-state index in [-0.39, 0.29) is 5.82 Å². The van der Waals surface area contributed by atoms with Gasteiger partial charge in [0.2, 0.25) is 0 Å². The molecule has 2 N–H and O–H groups in total. The van der Waals surface area contributed by atoms with Gasteiger partial charge < -0.3 is 10.0 Å². The van der Waals surface area contributed by atoms with Crippen molar-refractivity contribution >= 4 is 7.69 Å². The first-order valence-corrected chi connectivity index (χ1v) is 2.81. The molecule has 0 aliphatic heterocycles. The molecule has 0 unspecified atom stereocenters. The predicted octanol–water partition coefficient (Wildman–Crippen LogP) is 0.0436. The van der Waals surface area contributed by atoms with E-state index in [0.717, 1.165) is 11.1 Å². The third-order valence-corrected chi connectivity index (χ3v) is 1.28. The smallest absolute Gasteiger partial charge is 0.430 e. The fourth-order valence-electron chi connectivity index (χ4n) is 0.743. The lowest BCUT2D eigenvalue weighted by molar-refractivity contribution is 0.448. The zero-order valence-corrected chi connectivity index (χ0v) is 5.21. The van der Waals surface area contributed by atoms with Gasteiger partial charge in [-0.25, -0.2) is 4.39 Å². The Kier molecular flexibility index (Phi) is 2.04. The third-order valence-electron chi connectivity index (χ3n) is 1.28. The van der Waals surface area contributed by atoms with Gasteiger partial charge in [0.05, 0.1) is 0 Å². The summed E-state index contributed by atoms with van der Waals surface area (Å²) < 4.78 is 12.0. The normalized spacial score (nSPS) is 9.50. The van der Waals surface area contributed by atoms with Crippen molar-refractivity contribution in [2.45, 2.75) is 0 Å². The topological polar surface area (TPSA) is 40.5 Å². The highest BCUT2D eigenvalue weighted by Gasteiger charge is 2.14. The van der Waals surface area contributed by atoms with Crippen molar-refractivity contribution in [3.8, 4) is 11.1 Å². The molecule has 0 aromatic rings. The minimum Gasteiger partial charge on any atom is -0.430 e. The highest BCUT2D eigenvalue weighted by Crippen LogP contribution is 2.34. The quantitative estimate of drug-likeness (QED) is 0.507. The Balaban J connectivity index is 0.000000148.